The van der Waals surface area contributed by atoms with Crippen LogP contribution in [0.2, 0.25) is 0 Å². The third-order valence-electron chi connectivity index (χ3n) is 5.52. The summed E-state index contributed by atoms with van der Waals surface area (Å²) in [4.78, 5) is 16.3. The van der Waals surface area contributed by atoms with Crippen molar-refractivity contribution in [2.45, 2.75) is 31.1 Å². The Kier molecular flexibility index (Phi) is 5.28. The highest BCUT2D eigenvalue weighted by atomic mass is 32.2. The van der Waals surface area contributed by atoms with Crippen LogP contribution in [0.5, 0.6) is 0 Å². The van der Waals surface area contributed by atoms with Crippen LogP contribution in [-0.4, -0.2) is 49.7 Å². The van der Waals surface area contributed by atoms with E-state index in [0.29, 0.717) is 19.0 Å². The van der Waals surface area contributed by atoms with Crippen molar-refractivity contribution in [1.82, 2.24) is 9.21 Å². The van der Waals surface area contributed by atoms with E-state index in [4.69, 9.17) is 0 Å². The summed E-state index contributed by atoms with van der Waals surface area (Å²) in [6.45, 7) is 3.20. The van der Waals surface area contributed by atoms with Crippen LogP contribution < -0.4 is 0 Å². The summed E-state index contributed by atoms with van der Waals surface area (Å²) in [6.07, 6.45) is 3.21. The summed E-state index contributed by atoms with van der Waals surface area (Å²) < 4.78 is 40.6. The molecule has 1 aliphatic heterocycles. The van der Waals surface area contributed by atoms with E-state index in [2.05, 4.69) is 6.92 Å². The van der Waals surface area contributed by atoms with Crippen LogP contribution in [0.4, 0.5) is 4.39 Å². The van der Waals surface area contributed by atoms with Crippen LogP contribution in [0.1, 0.15) is 33.5 Å². The maximum atomic E-state index is 13.9. The van der Waals surface area contributed by atoms with Gasteiger partial charge in [0, 0.05) is 31.1 Å². The largest absolute Gasteiger partial charge is 0.335 e. The van der Waals surface area contributed by atoms with Gasteiger partial charge >= 0.3 is 0 Å². The van der Waals surface area contributed by atoms with Gasteiger partial charge in [-0.15, -0.1) is 11.3 Å². The van der Waals surface area contributed by atoms with Crippen molar-refractivity contribution >= 4 is 27.3 Å². The lowest BCUT2D eigenvalue weighted by atomic mass is 9.90. The van der Waals surface area contributed by atoms with Crippen molar-refractivity contribution in [3.05, 3.63) is 51.5 Å². The number of sulfonamides is 1. The highest BCUT2D eigenvalue weighted by Gasteiger charge is 2.32. The molecule has 1 atom stereocenters. The van der Waals surface area contributed by atoms with E-state index in [-0.39, 0.29) is 23.9 Å². The van der Waals surface area contributed by atoms with E-state index in [1.165, 1.54) is 32.9 Å². The number of halogens is 1. The van der Waals surface area contributed by atoms with Crippen LogP contribution in [0.15, 0.2) is 35.2 Å². The predicted octanol–water partition coefficient (Wildman–Crippen LogP) is 3.16. The highest BCUT2D eigenvalue weighted by Crippen LogP contribution is 2.33. The average molecular weight is 423 g/mol. The first-order valence-electron chi connectivity index (χ1n) is 9.52. The van der Waals surface area contributed by atoms with Crippen LogP contribution in [-0.2, 0) is 22.9 Å². The molecule has 2 aromatic rings. The van der Waals surface area contributed by atoms with Crippen molar-refractivity contribution in [3.8, 4) is 0 Å². The zero-order valence-corrected chi connectivity index (χ0v) is 17.4. The quantitative estimate of drug-likeness (QED) is 0.764. The zero-order chi connectivity index (χ0) is 19.9. The van der Waals surface area contributed by atoms with Crippen LogP contribution in [0.3, 0.4) is 0 Å². The minimum absolute atomic E-state index is 0.0324. The maximum absolute atomic E-state index is 13.9. The molecule has 150 valence electrons. The number of fused-ring (bicyclic) bond motifs is 1. The summed E-state index contributed by atoms with van der Waals surface area (Å²) in [5, 5.41) is 0. The molecule has 5 nitrogen and oxygen atoms in total. The van der Waals surface area contributed by atoms with Crippen molar-refractivity contribution in [2.24, 2.45) is 5.92 Å². The Morgan fingerprint density at radius 3 is 2.61 bits per heavy atom. The Morgan fingerprint density at radius 2 is 1.89 bits per heavy atom. The fourth-order valence-corrected chi connectivity index (χ4v) is 6.56. The summed E-state index contributed by atoms with van der Waals surface area (Å²) in [7, 11) is -3.89. The van der Waals surface area contributed by atoms with Gasteiger partial charge in [-0.2, -0.15) is 4.31 Å². The lowest BCUT2D eigenvalue weighted by Crippen LogP contribution is -2.50. The van der Waals surface area contributed by atoms with E-state index in [9.17, 15) is 17.6 Å². The molecule has 0 unspecified atom stereocenters. The van der Waals surface area contributed by atoms with E-state index in [1.807, 2.05) is 6.07 Å². The van der Waals surface area contributed by atoms with Gasteiger partial charge in [0.1, 0.15) is 10.7 Å². The highest BCUT2D eigenvalue weighted by molar-refractivity contribution is 7.89. The molecule has 2 aliphatic rings. The SMILES string of the molecule is C[C@@H]1CCc2sc(C(=O)N3CCN(S(=O)(=O)c4ccccc4F)CC3)cc2C1. The number of amides is 1. The van der Waals surface area contributed by atoms with E-state index in [0.717, 1.165) is 30.2 Å². The summed E-state index contributed by atoms with van der Waals surface area (Å²) in [6, 6.07) is 7.41. The number of hydrogen-bond acceptors (Lipinski definition) is 4. The van der Waals surface area contributed by atoms with Crippen molar-refractivity contribution in [2.75, 3.05) is 26.2 Å². The van der Waals surface area contributed by atoms with Gasteiger partial charge in [-0.1, -0.05) is 19.1 Å². The molecule has 8 heteroatoms. The Balaban J connectivity index is 1.44. The van der Waals surface area contributed by atoms with E-state index in [1.54, 1.807) is 16.2 Å². The van der Waals surface area contributed by atoms with Gasteiger partial charge in [0.05, 0.1) is 4.88 Å². The van der Waals surface area contributed by atoms with Gasteiger partial charge in [-0.3, -0.25) is 4.79 Å². The first-order chi connectivity index (χ1) is 13.4. The number of piperazine rings is 1. The first kappa shape index (κ1) is 19.5. The molecule has 1 aromatic carbocycles. The molecule has 1 saturated heterocycles. The molecule has 4 rings (SSSR count). The van der Waals surface area contributed by atoms with Crippen molar-refractivity contribution < 1.29 is 17.6 Å². The minimum atomic E-state index is -3.89. The number of hydrogen-bond donors (Lipinski definition) is 0. The minimum Gasteiger partial charge on any atom is -0.335 e. The number of nitrogens with zero attached hydrogens (tertiary/aromatic N) is 2. The predicted molar refractivity (Wildman–Crippen MR) is 107 cm³/mol. The van der Waals surface area contributed by atoms with Crippen molar-refractivity contribution in [3.63, 3.8) is 0 Å². The van der Waals surface area contributed by atoms with Gasteiger partial charge in [-0.05, 0) is 48.9 Å². The number of benzene rings is 1. The second-order valence-electron chi connectivity index (χ2n) is 7.53. The molecule has 2 heterocycles. The molecule has 0 saturated carbocycles. The lowest BCUT2D eigenvalue weighted by Gasteiger charge is -2.33. The normalized spacial score (nSPS) is 20.8. The fraction of sp³-hybridized carbons (Fsp3) is 0.450. The second-order valence-corrected chi connectivity index (χ2v) is 10.6. The van der Waals surface area contributed by atoms with Gasteiger partial charge in [0.15, 0.2) is 0 Å². The van der Waals surface area contributed by atoms with Crippen LogP contribution in [0.25, 0.3) is 0 Å². The van der Waals surface area contributed by atoms with E-state index < -0.39 is 15.8 Å². The number of thiophene rings is 1. The summed E-state index contributed by atoms with van der Waals surface area (Å²) in [5.41, 5.74) is 1.29. The average Bonchev–Trinajstić information content (AvgIpc) is 3.11. The van der Waals surface area contributed by atoms with Gasteiger partial charge in [0.25, 0.3) is 5.91 Å². The smallest absolute Gasteiger partial charge is 0.264 e. The molecule has 1 fully saturated rings. The monoisotopic (exact) mass is 422 g/mol. The Morgan fingerprint density at radius 1 is 1.18 bits per heavy atom. The maximum Gasteiger partial charge on any atom is 0.264 e. The summed E-state index contributed by atoms with van der Waals surface area (Å²) >= 11 is 1.57. The molecular weight excluding hydrogens is 399 g/mol. The van der Waals surface area contributed by atoms with Gasteiger partial charge < -0.3 is 4.90 Å². The fourth-order valence-electron chi connectivity index (χ4n) is 3.89. The van der Waals surface area contributed by atoms with Gasteiger partial charge in [-0.25, -0.2) is 12.8 Å². The molecule has 28 heavy (non-hydrogen) atoms. The lowest BCUT2D eigenvalue weighted by molar-refractivity contribution is 0.0702. The molecule has 1 aliphatic carbocycles. The van der Waals surface area contributed by atoms with Crippen LogP contribution in [0, 0.1) is 11.7 Å². The van der Waals surface area contributed by atoms with Crippen LogP contribution >= 0.6 is 11.3 Å². The third-order valence-corrected chi connectivity index (χ3v) is 8.68. The molecule has 1 amide bonds. The van der Waals surface area contributed by atoms with Crippen molar-refractivity contribution in [1.29, 1.82) is 0 Å². The molecule has 0 radical (unpaired) electrons. The number of carbonyl (C=O) groups excluding carboxylic acids is 1. The molecule has 1 aromatic heterocycles. The number of carbonyl (C=O) groups is 1. The standard InChI is InChI=1S/C20H23FN2O3S2/c1-14-6-7-17-15(12-14)13-18(27-17)20(24)22-8-10-23(11-9-22)28(25,26)19-5-3-2-4-16(19)21/h2-5,13-14H,6-12H2,1H3/t14-/m1/s1. The topological polar surface area (TPSA) is 57.7 Å². The molecule has 0 bridgehead atoms. The molecule has 0 spiro atoms. The molecule has 0 N–H and O–H groups in total. The first-order valence-corrected chi connectivity index (χ1v) is 11.8. The summed E-state index contributed by atoms with van der Waals surface area (Å²) in [5.74, 6) is -0.133. The zero-order valence-electron chi connectivity index (χ0n) is 15.7. The Labute approximate surface area is 168 Å². The van der Waals surface area contributed by atoms with Gasteiger partial charge in [0.2, 0.25) is 10.0 Å². The number of rotatable bonds is 3. The third kappa shape index (κ3) is 3.60. The second kappa shape index (κ2) is 7.57. The Hall–Kier alpha value is -1.77. The molecular formula is C20H23FN2O3S2. The Bertz CT molecular complexity index is 995. The van der Waals surface area contributed by atoms with E-state index >= 15 is 0 Å². The number of aryl methyl sites for hydroxylation is 1.